The summed E-state index contributed by atoms with van der Waals surface area (Å²) in [6.45, 7) is 7.54. The first-order valence-electron chi connectivity index (χ1n) is 9.62. The number of aryl methyl sites for hydroxylation is 1. The van der Waals surface area contributed by atoms with Crippen LogP contribution >= 0.6 is 0 Å². The summed E-state index contributed by atoms with van der Waals surface area (Å²) >= 11 is 0. The van der Waals surface area contributed by atoms with E-state index in [0.29, 0.717) is 5.75 Å². The van der Waals surface area contributed by atoms with Crippen LogP contribution in [0.3, 0.4) is 0 Å². The van der Waals surface area contributed by atoms with Crippen LogP contribution in [0.1, 0.15) is 43.5 Å². The topological polar surface area (TPSA) is 66.8 Å². The second-order valence-corrected chi connectivity index (χ2v) is 8.40. The molecule has 1 amide bonds. The Morgan fingerprint density at radius 1 is 1.14 bits per heavy atom. The molecule has 0 aromatic heterocycles. The largest absolute Gasteiger partial charge is 0.503 e. The van der Waals surface area contributed by atoms with Gasteiger partial charge in [-0.25, -0.2) is 0 Å². The number of amides is 1. The lowest BCUT2D eigenvalue weighted by Gasteiger charge is -2.29. The zero-order valence-corrected chi connectivity index (χ0v) is 17.5. The highest BCUT2D eigenvalue weighted by Gasteiger charge is 2.46. The molecule has 1 heterocycles. The fraction of sp³-hybridized carbons (Fsp3) is 0.333. The van der Waals surface area contributed by atoms with E-state index >= 15 is 0 Å². The molecule has 0 saturated carbocycles. The maximum absolute atomic E-state index is 13.2. The van der Waals surface area contributed by atoms with Crippen LogP contribution in [-0.4, -0.2) is 28.8 Å². The standard InChI is InChI=1S/C24H27NO4/c1-15-9-8-11-16(13-15)20-19(22(27)24(2,3)4)21(26)23(28)25(20)14-17-10-6-7-12-18(17)29-5/h6-13,20,26H,14H2,1-5H3. The fourth-order valence-corrected chi connectivity index (χ4v) is 3.66. The van der Waals surface area contributed by atoms with Gasteiger partial charge in [0.25, 0.3) is 5.91 Å². The Morgan fingerprint density at radius 3 is 2.45 bits per heavy atom. The van der Waals surface area contributed by atoms with E-state index in [9.17, 15) is 14.7 Å². The Bertz CT molecular complexity index is 984. The van der Waals surface area contributed by atoms with Crippen LogP contribution in [0.4, 0.5) is 0 Å². The molecule has 5 heteroatoms. The van der Waals surface area contributed by atoms with Crippen LogP contribution in [0.2, 0.25) is 0 Å². The van der Waals surface area contributed by atoms with Crippen molar-refractivity contribution in [2.45, 2.75) is 40.3 Å². The second kappa shape index (κ2) is 7.74. The first-order chi connectivity index (χ1) is 13.6. The lowest BCUT2D eigenvalue weighted by Crippen LogP contribution is -2.32. The molecule has 0 saturated heterocycles. The number of hydrogen-bond donors (Lipinski definition) is 1. The lowest BCUT2D eigenvalue weighted by molar-refractivity contribution is -0.130. The van der Waals surface area contributed by atoms with Gasteiger partial charge in [0, 0.05) is 11.0 Å². The molecule has 1 aliphatic rings. The molecule has 5 nitrogen and oxygen atoms in total. The van der Waals surface area contributed by atoms with Crippen molar-refractivity contribution in [2.24, 2.45) is 5.41 Å². The second-order valence-electron chi connectivity index (χ2n) is 8.40. The van der Waals surface area contributed by atoms with Crippen molar-refractivity contribution < 1.29 is 19.4 Å². The summed E-state index contributed by atoms with van der Waals surface area (Å²) in [5.74, 6) is -0.600. The van der Waals surface area contributed by atoms with Crippen LogP contribution in [0.5, 0.6) is 5.75 Å². The van der Waals surface area contributed by atoms with Crippen molar-refractivity contribution in [2.75, 3.05) is 7.11 Å². The molecule has 1 aliphatic heterocycles. The quantitative estimate of drug-likeness (QED) is 0.811. The molecule has 0 spiro atoms. The molecule has 0 fully saturated rings. The van der Waals surface area contributed by atoms with Crippen molar-refractivity contribution in [3.05, 3.63) is 76.6 Å². The van der Waals surface area contributed by atoms with Gasteiger partial charge in [0.05, 0.1) is 25.3 Å². The minimum atomic E-state index is -0.730. The van der Waals surface area contributed by atoms with Gasteiger partial charge in [0.1, 0.15) is 5.75 Å². The number of benzene rings is 2. The summed E-state index contributed by atoms with van der Waals surface area (Å²) in [4.78, 5) is 27.8. The third-order valence-corrected chi connectivity index (χ3v) is 5.12. The number of aliphatic hydroxyl groups is 1. The Balaban J connectivity index is 2.13. The highest BCUT2D eigenvalue weighted by molar-refractivity contribution is 6.10. The lowest BCUT2D eigenvalue weighted by atomic mass is 9.82. The van der Waals surface area contributed by atoms with Gasteiger partial charge in [-0.3, -0.25) is 9.59 Å². The average Bonchev–Trinajstić information content (AvgIpc) is 2.92. The van der Waals surface area contributed by atoms with Crippen LogP contribution in [-0.2, 0) is 16.1 Å². The molecular weight excluding hydrogens is 366 g/mol. The monoisotopic (exact) mass is 393 g/mol. The van der Waals surface area contributed by atoms with Crippen molar-refractivity contribution in [3.8, 4) is 5.75 Å². The summed E-state index contributed by atoms with van der Waals surface area (Å²) in [7, 11) is 1.58. The van der Waals surface area contributed by atoms with E-state index in [4.69, 9.17) is 4.74 Å². The zero-order valence-electron chi connectivity index (χ0n) is 17.5. The first-order valence-corrected chi connectivity index (χ1v) is 9.62. The first kappa shape index (κ1) is 20.6. The van der Waals surface area contributed by atoms with Gasteiger partial charge < -0.3 is 14.7 Å². The number of ether oxygens (including phenoxy) is 1. The van der Waals surface area contributed by atoms with Gasteiger partial charge in [-0.1, -0.05) is 68.8 Å². The van der Waals surface area contributed by atoms with Gasteiger partial charge >= 0.3 is 0 Å². The highest BCUT2D eigenvalue weighted by Crippen LogP contribution is 2.42. The number of methoxy groups -OCH3 is 1. The molecule has 1 unspecified atom stereocenters. The van der Waals surface area contributed by atoms with Crippen LogP contribution in [0.15, 0.2) is 59.9 Å². The van der Waals surface area contributed by atoms with E-state index in [1.54, 1.807) is 32.8 Å². The van der Waals surface area contributed by atoms with Crippen LogP contribution in [0.25, 0.3) is 0 Å². The number of para-hydroxylation sites is 1. The molecule has 2 aromatic rings. The Kier molecular flexibility index (Phi) is 5.51. The number of carbonyl (C=O) groups excluding carboxylic acids is 2. The van der Waals surface area contributed by atoms with Crippen LogP contribution in [0, 0.1) is 12.3 Å². The van der Waals surface area contributed by atoms with Crippen molar-refractivity contribution in [3.63, 3.8) is 0 Å². The van der Waals surface area contributed by atoms with Crippen molar-refractivity contribution in [1.29, 1.82) is 0 Å². The molecule has 29 heavy (non-hydrogen) atoms. The maximum Gasteiger partial charge on any atom is 0.290 e. The van der Waals surface area contributed by atoms with E-state index in [-0.39, 0.29) is 17.9 Å². The minimum absolute atomic E-state index is 0.156. The molecular formula is C24H27NO4. The predicted octanol–water partition coefficient (Wildman–Crippen LogP) is 4.51. The number of nitrogens with zero attached hydrogens (tertiary/aromatic N) is 1. The summed E-state index contributed by atoms with van der Waals surface area (Å²) in [5, 5.41) is 10.7. The van der Waals surface area contributed by atoms with E-state index in [1.165, 1.54) is 0 Å². The average molecular weight is 393 g/mol. The summed E-state index contributed by atoms with van der Waals surface area (Å²) in [6, 6.07) is 14.5. The molecule has 3 rings (SSSR count). The molecule has 2 aromatic carbocycles. The van der Waals surface area contributed by atoms with Gasteiger partial charge in [-0.15, -0.1) is 0 Å². The number of rotatable bonds is 5. The van der Waals surface area contributed by atoms with E-state index < -0.39 is 23.1 Å². The minimum Gasteiger partial charge on any atom is -0.503 e. The summed E-state index contributed by atoms with van der Waals surface area (Å²) in [5.41, 5.74) is 2.04. The fourth-order valence-electron chi connectivity index (χ4n) is 3.66. The maximum atomic E-state index is 13.2. The molecule has 152 valence electrons. The number of carbonyl (C=O) groups is 2. The third kappa shape index (κ3) is 3.90. The number of hydrogen-bond acceptors (Lipinski definition) is 4. The molecule has 0 aliphatic carbocycles. The van der Waals surface area contributed by atoms with Gasteiger partial charge in [-0.2, -0.15) is 0 Å². The van der Waals surface area contributed by atoms with Crippen LogP contribution < -0.4 is 4.74 Å². The SMILES string of the molecule is COc1ccccc1CN1C(=O)C(O)=C(C(=O)C(C)(C)C)C1c1cccc(C)c1. The number of Topliss-reactive ketones (excluding diaryl/α,β-unsaturated/α-hetero) is 1. The Labute approximate surface area is 171 Å². The number of aliphatic hydroxyl groups excluding tert-OH is 1. The molecule has 1 N–H and O–H groups in total. The Morgan fingerprint density at radius 2 is 1.83 bits per heavy atom. The van der Waals surface area contributed by atoms with Gasteiger partial charge in [0.2, 0.25) is 0 Å². The normalized spacial score (nSPS) is 17.1. The molecule has 0 radical (unpaired) electrons. The third-order valence-electron chi connectivity index (χ3n) is 5.12. The van der Waals surface area contributed by atoms with E-state index in [0.717, 1.165) is 16.7 Å². The molecule has 0 bridgehead atoms. The van der Waals surface area contributed by atoms with E-state index in [2.05, 4.69) is 0 Å². The van der Waals surface area contributed by atoms with Crippen molar-refractivity contribution >= 4 is 11.7 Å². The highest BCUT2D eigenvalue weighted by atomic mass is 16.5. The van der Waals surface area contributed by atoms with Gasteiger partial charge in [-0.05, 0) is 18.6 Å². The Hall–Kier alpha value is -3.08. The number of ketones is 1. The smallest absolute Gasteiger partial charge is 0.290 e. The summed E-state index contributed by atoms with van der Waals surface area (Å²) < 4.78 is 5.43. The van der Waals surface area contributed by atoms with Crippen molar-refractivity contribution in [1.82, 2.24) is 4.90 Å². The predicted molar refractivity (Wildman–Crippen MR) is 112 cm³/mol. The molecule has 1 atom stereocenters. The zero-order chi connectivity index (χ0) is 21.3. The summed E-state index contributed by atoms with van der Waals surface area (Å²) in [6.07, 6.45) is 0. The van der Waals surface area contributed by atoms with E-state index in [1.807, 2.05) is 55.5 Å². The van der Waals surface area contributed by atoms with Gasteiger partial charge in [0.15, 0.2) is 11.5 Å².